The summed E-state index contributed by atoms with van der Waals surface area (Å²) < 4.78 is 7.61. The van der Waals surface area contributed by atoms with Gasteiger partial charge in [0, 0.05) is 19.3 Å². The average Bonchev–Trinajstić information content (AvgIpc) is 3.15. The van der Waals surface area contributed by atoms with Crippen LogP contribution in [0.25, 0.3) is 0 Å². The molecule has 1 N–H and O–H groups in total. The van der Waals surface area contributed by atoms with Crippen LogP contribution in [0.3, 0.4) is 0 Å². The summed E-state index contributed by atoms with van der Waals surface area (Å²) in [4.78, 5) is 2.33. The highest BCUT2D eigenvalue weighted by Crippen LogP contribution is 2.19. The molecule has 0 spiro atoms. The lowest BCUT2D eigenvalue weighted by atomic mass is 9.96. The molecule has 1 aromatic carbocycles. The molecular formula is C19H28N4O2. The van der Waals surface area contributed by atoms with Crippen molar-refractivity contribution in [2.75, 3.05) is 26.2 Å². The lowest BCUT2D eigenvalue weighted by Gasteiger charge is -2.33. The summed E-state index contributed by atoms with van der Waals surface area (Å²) in [5, 5.41) is 18.1. The van der Waals surface area contributed by atoms with E-state index in [1.807, 2.05) is 23.0 Å². The molecule has 1 atom stereocenters. The summed E-state index contributed by atoms with van der Waals surface area (Å²) >= 11 is 0. The third kappa shape index (κ3) is 5.54. The van der Waals surface area contributed by atoms with E-state index in [4.69, 9.17) is 4.74 Å². The molecular weight excluding hydrogens is 316 g/mol. The summed E-state index contributed by atoms with van der Waals surface area (Å²) in [6.07, 6.45) is 6.47. The zero-order valence-electron chi connectivity index (χ0n) is 14.9. The number of aliphatic hydroxyl groups is 1. The molecule has 0 aliphatic carbocycles. The normalized spacial score (nSPS) is 17.5. The average molecular weight is 344 g/mol. The van der Waals surface area contributed by atoms with Gasteiger partial charge in [0.25, 0.3) is 0 Å². The van der Waals surface area contributed by atoms with E-state index in [2.05, 4.69) is 34.3 Å². The maximum absolute atomic E-state index is 10.2. The van der Waals surface area contributed by atoms with E-state index in [9.17, 15) is 5.11 Å². The molecule has 2 heterocycles. The van der Waals surface area contributed by atoms with E-state index in [-0.39, 0.29) is 0 Å². The van der Waals surface area contributed by atoms with Gasteiger partial charge in [-0.1, -0.05) is 24.3 Å². The highest BCUT2D eigenvalue weighted by Gasteiger charge is 2.21. The summed E-state index contributed by atoms with van der Waals surface area (Å²) in [5.41, 5.74) is 1.29. The summed E-state index contributed by atoms with van der Waals surface area (Å²) in [7, 11) is 0. The number of piperidine rings is 1. The molecule has 25 heavy (non-hydrogen) atoms. The number of aromatic nitrogens is 3. The number of benzene rings is 1. The molecule has 1 aliphatic rings. The molecule has 136 valence electrons. The highest BCUT2D eigenvalue weighted by atomic mass is 16.5. The van der Waals surface area contributed by atoms with Crippen molar-refractivity contribution < 1.29 is 9.84 Å². The minimum absolute atomic E-state index is 0.338. The molecule has 1 unspecified atom stereocenters. The topological polar surface area (TPSA) is 63.4 Å². The SMILES string of the molecule is CCc1ccc(OCC(O)CN2CCC(Cn3ccnn3)CC2)cc1. The second-order valence-corrected chi connectivity index (χ2v) is 6.83. The van der Waals surface area contributed by atoms with Crippen LogP contribution in [-0.4, -0.2) is 57.3 Å². The van der Waals surface area contributed by atoms with Crippen molar-refractivity contribution in [1.82, 2.24) is 19.9 Å². The first-order valence-electron chi connectivity index (χ1n) is 9.19. The number of β-amino-alcohol motifs (C(OH)–C–C–N with tert-alkyl or cyclic N) is 1. The van der Waals surface area contributed by atoms with E-state index in [0.717, 1.165) is 44.6 Å². The lowest BCUT2D eigenvalue weighted by molar-refractivity contribution is 0.0533. The molecule has 0 radical (unpaired) electrons. The summed E-state index contributed by atoms with van der Waals surface area (Å²) in [6, 6.07) is 8.09. The number of hydrogen-bond acceptors (Lipinski definition) is 5. The van der Waals surface area contributed by atoms with E-state index >= 15 is 0 Å². The highest BCUT2D eigenvalue weighted by molar-refractivity contribution is 5.27. The maximum Gasteiger partial charge on any atom is 0.119 e. The Balaban J connectivity index is 1.35. The van der Waals surface area contributed by atoms with E-state index in [1.54, 1.807) is 6.20 Å². The van der Waals surface area contributed by atoms with Gasteiger partial charge >= 0.3 is 0 Å². The maximum atomic E-state index is 10.2. The Bertz CT molecular complexity index is 607. The Kier molecular flexibility index (Phi) is 6.42. The van der Waals surface area contributed by atoms with Crippen LogP contribution < -0.4 is 4.74 Å². The number of nitrogens with zero attached hydrogens (tertiary/aromatic N) is 4. The second-order valence-electron chi connectivity index (χ2n) is 6.83. The minimum Gasteiger partial charge on any atom is -0.491 e. The van der Waals surface area contributed by atoms with Gasteiger partial charge < -0.3 is 14.7 Å². The van der Waals surface area contributed by atoms with Gasteiger partial charge in [0.05, 0.1) is 6.20 Å². The fraction of sp³-hybridized carbons (Fsp3) is 0.579. The molecule has 1 aliphatic heterocycles. The van der Waals surface area contributed by atoms with Crippen molar-refractivity contribution in [2.45, 2.75) is 38.8 Å². The van der Waals surface area contributed by atoms with Crippen LogP contribution in [0, 0.1) is 5.92 Å². The van der Waals surface area contributed by atoms with Crippen molar-refractivity contribution in [1.29, 1.82) is 0 Å². The molecule has 0 bridgehead atoms. The molecule has 0 saturated carbocycles. The van der Waals surface area contributed by atoms with Crippen LogP contribution in [0.2, 0.25) is 0 Å². The number of likely N-dealkylation sites (tertiary alicyclic amines) is 1. The Morgan fingerprint density at radius 3 is 2.64 bits per heavy atom. The number of rotatable bonds is 8. The van der Waals surface area contributed by atoms with Gasteiger partial charge in [-0.25, -0.2) is 0 Å². The molecule has 1 aromatic heterocycles. The Hall–Kier alpha value is -1.92. The number of aryl methyl sites for hydroxylation is 1. The number of ether oxygens (including phenoxy) is 1. The third-order valence-corrected chi connectivity index (χ3v) is 4.87. The number of hydrogen-bond donors (Lipinski definition) is 1. The van der Waals surface area contributed by atoms with Gasteiger partial charge in [-0.2, -0.15) is 0 Å². The zero-order valence-corrected chi connectivity index (χ0v) is 14.9. The van der Waals surface area contributed by atoms with Gasteiger partial charge in [-0.05, 0) is 56.0 Å². The fourth-order valence-corrected chi connectivity index (χ4v) is 3.31. The van der Waals surface area contributed by atoms with Crippen LogP contribution in [0.15, 0.2) is 36.7 Å². The minimum atomic E-state index is -0.460. The van der Waals surface area contributed by atoms with Crippen LogP contribution in [-0.2, 0) is 13.0 Å². The Morgan fingerprint density at radius 1 is 1.24 bits per heavy atom. The molecule has 6 nitrogen and oxygen atoms in total. The quantitative estimate of drug-likeness (QED) is 0.793. The molecule has 1 fully saturated rings. The van der Waals surface area contributed by atoms with Gasteiger partial charge in [0.15, 0.2) is 0 Å². The van der Waals surface area contributed by atoms with Gasteiger partial charge in [-0.3, -0.25) is 4.68 Å². The van der Waals surface area contributed by atoms with Crippen LogP contribution in [0.1, 0.15) is 25.3 Å². The van der Waals surface area contributed by atoms with Crippen molar-refractivity contribution in [3.05, 3.63) is 42.2 Å². The summed E-state index contributed by atoms with van der Waals surface area (Å²) in [6.45, 7) is 6.11. The van der Waals surface area contributed by atoms with Crippen molar-refractivity contribution >= 4 is 0 Å². The van der Waals surface area contributed by atoms with E-state index in [1.165, 1.54) is 5.56 Å². The third-order valence-electron chi connectivity index (χ3n) is 4.87. The standard InChI is InChI=1S/C19H28N4O2/c1-2-16-3-5-19(6-4-16)25-15-18(24)14-22-10-7-17(8-11-22)13-23-12-9-20-21-23/h3-6,9,12,17-18,24H,2,7-8,10-11,13-15H2,1H3. The lowest BCUT2D eigenvalue weighted by Crippen LogP contribution is -2.41. The summed E-state index contributed by atoms with van der Waals surface area (Å²) in [5.74, 6) is 1.46. The van der Waals surface area contributed by atoms with Gasteiger partial charge in [-0.15, -0.1) is 5.10 Å². The molecule has 3 rings (SSSR count). The van der Waals surface area contributed by atoms with Crippen molar-refractivity contribution in [3.8, 4) is 5.75 Å². The smallest absolute Gasteiger partial charge is 0.119 e. The second kappa shape index (κ2) is 8.97. The first kappa shape index (κ1) is 17.9. The first-order valence-corrected chi connectivity index (χ1v) is 9.19. The fourth-order valence-electron chi connectivity index (χ4n) is 3.31. The molecule has 6 heteroatoms. The first-order chi connectivity index (χ1) is 12.2. The predicted octanol–water partition coefficient (Wildman–Crippen LogP) is 1.99. The predicted molar refractivity (Wildman–Crippen MR) is 96.5 cm³/mol. The van der Waals surface area contributed by atoms with E-state index < -0.39 is 6.10 Å². The Labute approximate surface area is 149 Å². The van der Waals surface area contributed by atoms with Crippen LogP contribution in [0.4, 0.5) is 0 Å². The van der Waals surface area contributed by atoms with Crippen LogP contribution in [0.5, 0.6) is 5.75 Å². The largest absolute Gasteiger partial charge is 0.491 e. The molecule has 0 amide bonds. The van der Waals surface area contributed by atoms with Crippen molar-refractivity contribution in [2.24, 2.45) is 5.92 Å². The monoisotopic (exact) mass is 344 g/mol. The van der Waals surface area contributed by atoms with Gasteiger partial charge in [0.2, 0.25) is 0 Å². The zero-order chi connectivity index (χ0) is 17.5. The Morgan fingerprint density at radius 2 is 2.00 bits per heavy atom. The number of aliphatic hydroxyl groups excluding tert-OH is 1. The van der Waals surface area contributed by atoms with Gasteiger partial charge in [0.1, 0.15) is 18.5 Å². The molecule has 2 aromatic rings. The van der Waals surface area contributed by atoms with E-state index in [0.29, 0.717) is 19.1 Å². The van der Waals surface area contributed by atoms with Crippen LogP contribution >= 0.6 is 0 Å². The molecule has 1 saturated heterocycles. The van der Waals surface area contributed by atoms with Crippen molar-refractivity contribution in [3.63, 3.8) is 0 Å².